The van der Waals surface area contributed by atoms with E-state index in [4.69, 9.17) is 20.8 Å². The van der Waals surface area contributed by atoms with Gasteiger partial charge in [0.05, 0.1) is 16.8 Å². The lowest BCUT2D eigenvalue weighted by atomic mass is 10.1. The van der Waals surface area contributed by atoms with E-state index < -0.39 is 5.97 Å². The van der Waals surface area contributed by atoms with Gasteiger partial charge in [0, 0.05) is 30.5 Å². The van der Waals surface area contributed by atoms with Crippen LogP contribution in [0.25, 0.3) is 39.5 Å². The molecular formula is C32H26N6O2. The summed E-state index contributed by atoms with van der Waals surface area (Å²) in [6, 6.07) is 32.9. The van der Waals surface area contributed by atoms with Gasteiger partial charge < -0.3 is 16.2 Å². The first-order chi connectivity index (χ1) is 19.6. The van der Waals surface area contributed by atoms with E-state index in [2.05, 4.69) is 22.4 Å². The van der Waals surface area contributed by atoms with Crippen molar-refractivity contribution in [1.82, 2.24) is 24.8 Å². The largest absolute Gasteiger partial charge is 0.478 e. The molecule has 0 aliphatic heterocycles. The van der Waals surface area contributed by atoms with Crippen molar-refractivity contribution in [1.29, 1.82) is 0 Å². The number of carboxylic acids is 1. The number of carbonyl (C=O) groups is 1. The minimum atomic E-state index is -0.925. The molecule has 0 atom stereocenters. The van der Waals surface area contributed by atoms with Gasteiger partial charge in [-0.05, 0) is 59.7 Å². The second-order valence-electron chi connectivity index (χ2n) is 9.38. The highest BCUT2D eigenvalue weighted by atomic mass is 16.4. The summed E-state index contributed by atoms with van der Waals surface area (Å²) in [5.74, 6) is 0.152. The fourth-order valence-electron chi connectivity index (χ4n) is 4.64. The van der Waals surface area contributed by atoms with Crippen molar-refractivity contribution in [2.75, 3.05) is 5.73 Å². The lowest BCUT2D eigenvalue weighted by Crippen LogP contribution is -2.13. The van der Waals surface area contributed by atoms with Gasteiger partial charge in [-0.25, -0.2) is 19.7 Å². The molecule has 3 aromatic heterocycles. The van der Waals surface area contributed by atoms with E-state index in [1.54, 1.807) is 18.3 Å². The first kappa shape index (κ1) is 25.0. The molecule has 8 heteroatoms. The third-order valence-electron chi connectivity index (χ3n) is 6.71. The minimum absolute atomic E-state index is 0.282. The lowest BCUT2D eigenvalue weighted by Gasteiger charge is -2.12. The van der Waals surface area contributed by atoms with Crippen LogP contribution in [0, 0.1) is 0 Å². The Hall–Kier alpha value is -5.34. The van der Waals surface area contributed by atoms with Crippen LogP contribution >= 0.6 is 0 Å². The van der Waals surface area contributed by atoms with Crippen molar-refractivity contribution < 1.29 is 9.90 Å². The zero-order chi connectivity index (χ0) is 27.5. The van der Waals surface area contributed by atoms with Gasteiger partial charge in [0.2, 0.25) is 0 Å². The summed E-state index contributed by atoms with van der Waals surface area (Å²) in [7, 11) is 0. The number of carboxylic acid groups (broad SMARTS) is 1. The average molecular weight is 527 g/mol. The summed E-state index contributed by atoms with van der Waals surface area (Å²) >= 11 is 0. The maximum atomic E-state index is 11.1. The Labute approximate surface area is 230 Å². The van der Waals surface area contributed by atoms with E-state index in [-0.39, 0.29) is 5.56 Å². The molecule has 3 heterocycles. The van der Waals surface area contributed by atoms with Crippen LogP contribution in [0.5, 0.6) is 0 Å². The first-order valence-electron chi connectivity index (χ1n) is 12.8. The summed E-state index contributed by atoms with van der Waals surface area (Å²) in [6.07, 6.45) is 1.67. The van der Waals surface area contributed by atoms with E-state index >= 15 is 0 Å². The number of pyridine rings is 2. The molecule has 196 valence electrons. The van der Waals surface area contributed by atoms with Crippen LogP contribution in [0.2, 0.25) is 0 Å². The lowest BCUT2D eigenvalue weighted by molar-refractivity contribution is 0.0697. The molecule has 0 saturated carbocycles. The molecule has 0 aliphatic rings. The zero-order valence-corrected chi connectivity index (χ0v) is 21.5. The van der Waals surface area contributed by atoms with E-state index in [9.17, 15) is 4.79 Å². The number of nitrogens with zero attached hydrogens (tertiary/aromatic N) is 4. The number of aromatic nitrogens is 4. The maximum absolute atomic E-state index is 11.1. The van der Waals surface area contributed by atoms with Gasteiger partial charge >= 0.3 is 5.97 Å². The number of anilines is 1. The molecular weight excluding hydrogens is 500 g/mol. The predicted molar refractivity (Wildman–Crippen MR) is 156 cm³/mol. The van der Waals surface area contributed by atoms with Crippen LogP contribution in [0.1, 0.15) is 21.5 Å². The monoisotopic (exact) mass is 526 g/mol. The summed E-state index contributed by atoms with van der Waals surface area (Å²) < 4.78 is 2.02. The van der Waals surface area contributed by atoms with Gasteiger partial charge in [0.15, 0.2) is 11.5 Å². The molecule has 40 heavy (non-hydrogen) atoms. The van der Waals surface area contributed by atoms with E-state index in [1.807, 2.05) is 83.4 Å². The van der Waals surface area contributed by atoms with Crippen molar-refractivity contribution >= 4 is 23.0 Å². The standard InChI is InChI=1S/C32H26N6O2/c33-29-26(7-4-18-35-29)30-37-28-17-16-27(23-5-2-1-3-6-23)36-31(28)38(30)25-14-10-22(11-15-25)20-34-19-21-8-12-24(13-9-21)32(39)40/h1-18,34H,19-20H2,(H2,33,35)(H,39,40). The van der Waals surface area contributed by atoms with E-state index in [1.165, 1.54) is 0 Å². The number of nitrogen functional groups attached to an aromatic ring is 1. The molecule has 0 amide bonds. The fraction of sp³-hybridized carbons (Fsp3) is 0.0625. The number of benzene rings is 3. The van der Waals surface area contributed by atoms with Crippen molar-refractivity contribution in [3.05, 3.63) is 126 Å². The number of aromatic carboxylic acids is 1. The maximum Gasteiger partial charge on any atom is 0.335 e. The van der Waals surface area contributed by atoms with Crippen molar-refractivity contribution in [3.8, 4) is 28.3 Å². The molecule has 4 N–H and O–H groups in total. The molecule has 0 saturated heterocycles. The van der Waals surface area contributed by atoms with Crippen LogP contribution in [0.15, 0.2) is 109 Å². The number of hydrogen-bond acceptors (Lipinski definition) is 6. The summed E-state index contributed by atoms with van der Waals surface area (Å²) in [4.78, 5) is 25.3. The minimum Gasteiger partial charge on any atom is -0.478 e. The second-order valence-corrected chi connectivity index (χ2v) is 9.38. The quantitative estimate of drug-likeness (QED) is 0.232. The Morgan fingerprint density at radius 3 is 2.17 bits per heavy atom. The highest BCUT2D eigenvalue weighted by Crippen LogP contribution is 2.31. The molecule has 0 spiro atoms. The van der Waals surface area contributed by atoms with Gasteiger partial charge in [0.1, 0.15) is 11.3 Å². The fourth-order valence-corrected chi connectivity index (χ4v) is 4.64. The number of nitrogens with two attached hydrogens (primary N) is 1. The van der Waals surface area contributed by atoms with Crippen LogP contribution < -0.4 is 11.1 Å². The predicted octanol–water partition coefficient (Wildman–Crippen LogP) is 5.72. The van der Waals surface area contributed by atoms with Crippen molar-refractivity contribution in [2.45, 2.75) is 13.1 Å². The number of rotatable bonds is 8. The van der Waals surface area contributed by atoms with Gasteiger partial charge in [-0.2, -0.15) is 0 Å². The Morgan fingerprint density at radius 1 is 0.800 bits per heavy atom. The van der Waals surface area contributed by atoms with Crippen molar-refractivity contribution in [2.24, 2.45) is 0 Å². The van der Waals surface area contributed by atoms with Crippen molar-refractivity contribution in [3.63, 3.8) is 0 Å². The molecule has 0 unspecified atom stereocenters. The van der Waals surface area contributed by atoms with Crippen LogP contribution in [0.3, 0.4) is 0 Å². The first-order valence-corrected chi connectivity index (χ1v) is 12.8. The molecule has 6 aromatic rings. The molecule has 0 aliphatic carbocycles. The Balaban J connectivity index is 1.31. The molecule has 3 aromatic carbocycles. The molecule has 0 radical (unpaired) electrons. The highest BCUT2D eigenvalue weighted by molar-refractivity contribution is 5.87. The number of fused-ring (bicyclic) bond motifs is 1. The van der Waals surface area contributed by atoms with Gasteiger partial charge in [-0.15, -0.1) is 0 Å². The topological polar surface area (TPSA) is 119 Å². The molecule has 8 nitrogen and oxygen atoms in total. The zero-order valence-electron chi connectivity index (χ0n) is 21.5. The smallest absolute Gasteiger partial charge is 0.335 e. The number of nitrogens with one attached hydrogen (secondary N) is 1. The average Bonchev–Trinajstić information content (AvgIpc) is 3.37. The summed E-state index contributed by atoms with van der Waals surface area (Å²) in [6.45, 7) is 1.29. The Bertz CT molecular complexity index is 1800. The SMILES string of the molecule is Nc1ncccc1-c1nc2ccc(-c3ccccc3)nc2n1-c1ccc(CNCc2ccc(C(=O)O)cc2)cc1. The second kappa shape index (κ2) is 10.8. The summed E-state index contributed by atoms with van der Waals surface area (Å²) in [5, 5.41) is 12.5. The number of hydrogen-bond donors (Lipinski definition) is 3. The molecule has 0 bridgehead atoms. The third kappa shape index (κ3) is 5.03. The molecule has 0 fully saturated rings. The number of imidazole rings is 1. The molecule has 6 rings (SSSR count). The van der Waals surface area contributed by atoms with Gasteiger partial charge in [-0.1, -0.05) is 54.6 Å². The Morgan fingerprint density at radius 2 is 1.50 bits per heavy atom. The highest BCUT2D eigenvalue weighted by Gasteiger charge is 2.18. The van der Waals surface area contributed by atoms with Crippen LogP contribution in [-0.4, -0.2) is 30.6 Å². The van der Waals surface area contributed by atoms with Crippen LogP contribution in [-0.2, 0) is 13.1 Å². The van der Waals surface area contributed by atoms with Gasteiger partial charge in [0.25, 0.3) is 0 Å². The van der Waals surface area contributed by atoms with E-state index in [0.29, 0.717) is 24.7 Å². The third-order valence-corrected chi connectivity index (χ3v) is 6.71. The van der Waals surface area contributed by atoms with Gasteiger partial charge in [-0.3, -0.25) is 4.57 Å². The normalized spacial score (nSPS) is 11.1. The van der Waals surface area contributed by atoms with E-state index in [0.717, 1.165) is 44.8 Å². The Kier molecular flexibility index (Phi) is 6.74. The summed E-state index contributed by atoms with van der Waals surface area (Å²) in [5.41, 5.74) is 13.7. The van der Waals surface area contributed by atoms with Crippen LogP contribution in [0.4, 0.5) is 5.82 Å².